The number of aromatic nitrogens is 3. The number of carbonyl (C=O) groups is 4. The van der Waals surface area contributed by atoms with Gasteiger partial charge in [-0.15, -0.1) is 28.6 Å². The van der Waals surface area contributed by atoms with E-state index in [-0.39, 0.29) is 5.70 Å². The number of benzene rings is 1. The monoisotopic (exact) mass is 518 g/mol. The molecule has 184 valence electrons. The number of β-lactam (4-membered cyclic amide) rings is 1. The number of carboxylic acids is 1. The maximum absolute atomic E-state index is 13.3. The van der Waals surface area contributed by atoms with Crippen LogP contribution in [0.2, 0.25) is 0 Å². The van der Waals surface area contributed by atoms with Crippen LogP contribution < -0.4 is 10.6 Å². The predicted octanol–water partition coefficient (Wildman–Crippen LogP) is 0.107. The smallest absolute Gasteiger partial charge is 0.352 e. The second-order valence-corrected chi connectivity index (χ2v) is 9.70. The fourth-order valence-corrected chi connectivity index (χ4v) is 6.39. The normalized spacial score (nSPS) is 22.2. The summed E-state index contributed by atoms with van der Waals surface area (Å²) < 4.78 is 7.06. The number of methoxy groups -OCH3 is 1. The zero-order valence-electron chi connectivity index (χ0n) is 18.7. The molecule has 3 heterocycles. The number of hydrogen-bond donors (Lipinski definition) is 3. The fraction of sp³-hybridized carbons (Fsp3) is 0.333. The molecule has 12 nitrogen and oxygen atoms in total. The molecular formula is C21H22N6O6S2. The molecule has 3 amide bonds. The van der Waals surface area contributed by atoms with Crippen molar-refractivity contribution in [3.8, 4) is 0 Å². The van der Waals surface area contributed by atoms with E-state index in [9.17, 15) is 24.3 Å². The van der Waals surface area contributed by atoms with Crippen molar-refractivity contribution in [2.24, 2.45) is 7.05 Å². The summed E-state index contributed by atoms with van der Waals surface area (Å²) in [4.78, 5) is 50.9. The number of carbonyl (C=O) groups excluding carboxylic acids is 3. The first-order valence-electron chi connectivity index (χ1n) is 10.3. The van der Waals surface area contributed by atoms with Gasteiger partial charge in [0.2, 0.25) is 12.3 Å². The summed E-state index contributed by atoms with van der Waals surface area (Å²) in [5.74, 6) is -1.99. The Morgan fingerprint density at radius 2 is 2.14 bits per heavy atom. The summed E-state index contributed by atoms with van der Waals surface area (Å²) >= 11 is 2.64. The van der Waals surface area contributed by atoms with Crippen molar-refractivity contribution < 1.29 is 29.0 Å². The summed E-state index contributed by atoms with van der Waals surface area (Å²) in [5, 5.41) is 22.6. The van der Waals surface area contributed by atoms with Gasteiger partial charge in [-0.2, -0.15) is 0 Å². The lowest BCUT2D eigenvalue weighted by atomic mass is 9.97. The molecule has 1 aromatic carbocycles. The van der Waals surface area contributed by atoms with E-state index in [1.807, 2.05) is 0 Å². The molecule has 3 N–H and O–H groups in total. The SMILES string of the molecule is CO[C@@]1(NC(=O)C(NC=O)c2ccccc2)C(=O)N2C(C(=O)O)=C(CSc3cnnn3C)CSC21. The van der Waals surface area contributed by atoms with Crippen molar-refractivity contribution in [3.63, 3.8) is 0 Å². The molecule has 0 aliphatic carbocycles. The third-order valence-corrected chi connectivity index (χ3v) is 8.17. The molecule has 0 saturated carbocycles. The van der Waals surface area contributed by atoms with Crippen LogP contribution in [-0.4, -0.2) is 78.9 Å². The minimum Gasteiger partial charge on any atom is -0.477 e. The van der Waals surface area contributed by atoms with Gasteiger partial charge in [0, 0.05) is 25.7 Å². The molecule has 2 aliphatic heterocycles. The van der Waals surface area contributed by atoms with Crippen LogP contribution in [0.5, 0.6) is 0 Å². The standard InChI is InChI=1S/C21H22N6O6S2/c1-26-14(8-23-25-26)34-9-13-10-35-20-21(33-2,19(32)27(20)16(13)18(30)31)24-17(29)15(22-11-28)12-6-4-3-5-7-12/h3-8,11,15,20H,9-10H2,1-2H3,(H,22,28)(H,24,29)(H,30,31)/t15?,20?,21-/m0/s1. The van der Waals surface area contributed by atoms with E-state index in [1.165, 1.54) is 30.6 Å². The molecule has 35 heavy (non-hydrogen) atoms. The number of thioether (sulfide) groups is 2. The van der Waals surface area contributed by atoms with Crippen molar-refractivity contribution >= 4 is 47.7 Å². The number of rotatable bonds is 10. The zero-order valence-corrected chi connectivity index (χ0v) is 20.3. The largest absolute Gasteiger partial charge is 0.477 e. The predicted molar refractivity (Wildman–Crippen MR) is 126 cm³/mol. The number of aliphatic carboxylic acids is 1. The van der Waals surface area contributed by atoms with Crippen molar-refractivity contribution in [2.45, 2.75) is 22.2 Å². The number of amides is 3. The number of nitrogens with one attached hydrogen (secondary N) is 2. The molecule has 0 spiro atoms. The van der Waals surface area contributed by atoms with Crippen LogP contribution in [-0.2, 0) is 31.0 Å². The second-order valence-electron chi connectivity index (χ2n) is 7.64. The van der Waals surface area contributed by atoms with Gasteiger partial charge in [0.05, 0.1) is 6.20 Å². The zero-order chi connectivity index (χ0) is 25.2. The summed E-state index contributed by atoms with van der Waals surface area (Å²) in [6.45, 7) is 0. The minimum atomic E-state index is -1.77. The minimum absolute atomic E-state index is 0.131. The fourth-order valence-electron chi connectivity index (χ4n) is 3.92. The third kappa shape index (κ3) is 4.39. The third-order valence-electron chi connectivity index (χ3n) is 5.64. The topological polar surface area (TPSA) is 156 Å². The Balaban J connectivity index is 1.57. The molecule has 1 saturated heterocycles. The van der Waals surface area contributed by atoms with E-state index in [1.54, 1.807) is 48.3 Å². The molecular weight excluding hydrogens is 496 g/mol. The molecule has 3 atom stereocenters. The Morgan fingerprint density at radius 3 is 2.74 bits per heavy atom. The Bertz CT molecular complexity index is 1190. The van der Waals surface area contributed by atoms with Gasteiger partial charge in [-0.25, -0.2) is 9.48 Å². The van der Waals surface area contributed by atoms with Gasteiger partial charge < -0.3 is 20.5 Å². The quantitative estimate of drug-likeness (QED) is 0.171. The van der Waals surface area contributed by atoms with Gasteiger partial charge in [0.1, 0.15) is 22.1 Å². The first-order chi connectivity index (χ1) is 16.8. The van der Waals surface area contributed by atoms with Gasteiger partial charge >= 0.3 is 5.97 Å². The number of fused-ring (bicyclic) bond motifs is 1. The van der Waals surface area contributed by atoms with Crippen LogP contribution in [0.1, 0.15) is 11.6 Å². The van der Waals surface area contributed by atoms with Gasteiger partial charge in [-0.1, -0.05) is 35.5 Å². The highest BCUT2D eigenvalue weighted by Crippen LogP contribution is 2.47. The van der Waals surface area contributed by atoms with Gasteiger partial charge in [0.15, 0.2) is 0 Å². The molecule has 1 fully saturated rings. The van der Waals surface area contributed by atoms with Crippen molar-refractivity contribution in [1.29, 1.82) is 0 Å². The first-order valence-corrected chi connectivity index (χ1v) is 12.4. The molecule has 14 heteroatoms. The number of carboxylic acid groups (broad SMARTS) is 1. The van der Waals surface area contributed by atoms with E-state index in [0.717, 1.165) is 9.93 Å². The molecule has 2 aromatic rings. The van der Waals surface area contributed by atoms with Gasteiger partial charge in [-0.3, -0.25) is 19.3 Å². The average Bonchev–Trinajstić information content (AvgIpc) is 3.28. The van der Waals surface area contributed by atoms with Crippen molar-refractivity contribution in [3.05, 3.63) is 53.4 Å². The number of aryl methyl sites for hydroxylation is 1. The number of hydrogen-bond acceptors (Lipinski definition) is 9. The van der Waals surface area contributed by atoms with Gasteiger partial charge in [-0.05, 0) is 11.1 Å². The maximum atomic E-state index is 13.3. The molecule has 0 bridgehead atoms. The van der Waals surface area contributed by atoms with Crippen LogP contribution in [0.3, 0.4) is 0 Å². The van der Waals surface area contributed by atoms with E-state index in [4.69, 9.17) is 4.74 Å². The van der Waals surface area contributed by atoms with Crippen molar-refractivity contribution in [2.75, 3.05) is 18.6 Å². The Morgan fingerprint density at radius 1 is 1.40 bits per heavy atom. The summed E-state index contributed by atoms with van der Waals surface area (Å²) in [7, 11) is 3.00. The lowest BCUT2D eigenvalue weighted by Gasteiger charge is -2.56. The molecule has 4 rings (SSSR count). The van der Waals surface area contributed by atoms with Crippen LogP contribution in [0.4, 0.5) is 0 Å². The number of ether oxygens (including phenoxy) is 1. The van der Waals surface area contributed by atoms with E-state index in [0.29, 0.717) is 29.1 Å². The van der Waals surface area contributed by atoms with Crippen LogP contribution in [0.15, 0.2) is 52.8 Å². The summed E-state index contributed by atoms with van der Waals surface area (Å²) in [5.41, 5.74) is -0.837. The average molecular weight is 519 g/mol. The highest BCUT2D eigenvalue weighted by Gasteiger charge is 2.66. The van der Waals surface area contributed by atoms with Gasteiger partial charge in [0.25, 0.3) is 11.6 Å². The summed E-state index contributed by atoms with van der Waals surface area (Å²) in [6.07, 6.45) is 1.97. The molecule has 0 radical (unpaired) electrons. The highest BCUT2D eigenvalue weighted by atomic mass is 32.2. The van der Waals surface area contributed by atoms with Crippen LogP contribution in [0, 0.1) is 0 Å². The van der Waals surface area contributed by atoms with Crippen LogP contribution in [0.25, 0.3) is 0 Å². The molecule has 2 aliphatic rings. The molecule has 2 unspecified atom stereocenters. The highest BCUT2D eigenvalue weighted by molar-refractivity contribution is 8.01. The van der Waals surface area contributed by atoms with Crippen LogP contribution >= 0.6 is 23.5 Å². The Labute approximate surface area is 208 Å². The number of nitrogens with zero attached hydrogens (tertiary/aromatic N) is 4. The Kier molecular flexibility index (Phi) is 7.14. The Hall–Kier alpha value is -3.36. The van der Waals surface area contributed by atoms with Crippen molar-refractivity contribution in [1.82, 2.24) is 30.5 Å². The first kappa shape index (κ1) is 24.8. The second kappa shape index (κ2) is 10.1. The lowest BCUT2D eigenvalue weighted by molar-refractivity contribution is -0.193. The lowest BCUT2D eigenvalue weighted by Crippen LogP contribution is -2.81. The van der Waals surface area contributed by atoms with E-state index < -0.39 is 34.9 Å². The summed E-state index contributed by atoms with van der Waals surface area (Å²) in [6, 6.07) is 7.46. The maximum Gasteiger partial charge on any atom is 0.352 e. The van der Waals surface area contributed by atoms with E-state index >= 15 is 0 Å². The molecule has 1 aromatic heterocycles. The van der Waals surface area contributed by atoms with E-state index in [2.05, 4.69) is 20.9 Å².